The molecule has 112 valence electrons. The first-order valence-electron chi connectivity index (χ1n) is 7.07. The standard InChI is InChI=1S/C17H22N2O2/c1-12(2)21-17-9-15(7-8-16(17)18)19-10-13-3-5-14(11-20)6-4-13/h3-9,12,19-20H,10-11,18H2,1-2H3. The molecule has 0 aliphatic heterocycles. The molecule has 2 aromatic rings. The van der Waals surface area contributed by atoms with Gasteiger partial charge in [0.15, 0.2) is 0 Å². The van der Waals surface area contributed by atoms with Gasteiger partial charge in [0.05, 0.1) is 18.4 Å². The van der Waals surface area contributed by atoms with Crippen LogP contribution in [-0.2, 0) is 13.2 Å². The van der Waals surface area contributed by atoms with Crippen LogP contribution in [0.5, 0.6) is 5.75 Å². The van der Waals surface area contributed by atoms with Gasteiger partial charge in [-0.3, -0.25) is 0 Å². The SMILES string of the molecule is CC(C)Oc1cc(NCc2ccc(CO)cc2)ccc1N. The van der Waals surface area contributed by atoms with E-state index in [-0.39, 0.29) is 12.7 Å². The summed E-state index contributed by atoms with van der Waals surface area (Å²) in [5, 5.41) is 12.4. The van der Waals surface area contributed by atoms with Gasteiger partial charge in [0, 0.05) is 18.3 Å². The molecular weight excluding hydrogens is 264 g/mol. The van der Waals surface area contributed by atoms with Crippen LogP contribution in [0.4, 0.5) is 11.4 Å². The number of nitrogens with two attached hydrogens (primary N) is 1. The van der Waals surface area contributed by atoms with Gasteiger partial charge in [-0.15, -0.1) is 0 Å². The molecule has 0 bridgehead atoms. The largest absolute Gasteiger partial charge is 0.489 e. The van der Waals surface area contributed by atoms with E-state index in [1.165, 1.54) is 0 Å². The maximum atomic E-state index is 9.02. The van der Waals surface area contributed by atoms with Crippen molar-refractivity contribution in [2.45, 2.75) is 33.1 Å². The quantitative estimate of drug-likeness (QED) is 0.714. The average Bonchev–Trinajstić information content (AvgIpc) is 2.48. The van der Waals surface area contributed by atoms with Crippen LogP contribution in [0, 0.1) is 0 Å². The van der Waals surface area contributed by atoms with Crippen molar-refractivity contribution in [3.05, 3.63) is 53.6 Å². The van der Waals surface area contributed by atoms with E-state index in [1.807, 2.05) is 56.3 Å². The van der Waals surface area contributed by atoms with Crippen LogP contribution in [-0.4, -0.2) is 11.2 Å². The van der Waals surface area contributed by atoms with Crippen LogP contribution in [0.2, 0.25) is 0 Å². The van der Waals surface area contributed by atoms with Crippen LogP contribution in [0.15, 0.2) is 42.5 Å². The molecule has 21 heavy (non-hydrogen) atoms. The second-order valence-electron chi connectivity index (χ2n) is 5.25. The Morgan fingerprint density at radius 3 is 2.38 bits per heavy atom. The van der Waals surface area contributed by atoms with Gasteiger partial charge in [-0.2, -0.15) is 0 Å². The summed E-state index contributed by atoms with van der Waals surface area (Å²) < 4.78 is 5.68. The summed E-state index contributed by atoms with van der Waals surface area (Å²) in [6.45, 7) is 4.73. The second kappa shape index (κ2) is 6.99. The fourth-order valence-corrected chi connectivity index (χ4v) is 1.97. The topological polar surface area (TPSA) is 67.5 Å². The number of anilines is 2. The highest BCUT2D eigenvalue weighted by Crippen LogP contribution is 2.26. The first-order valence-corrected chi connectivity index (χ1v) is 7.07. The van der Waals surface area contributed by atoms with Gasteiger partial charge in [-0.25, -0.2) is 0 Å². The lowest BCUT2D eigenvalue weighted by atomic mass is 10.1. The number of aliphatic hydroxyl groups excluding tert-OH is 1. The molecule has 0 saturated carbocycles. The Labute approximate surface area is 125 Å². The third-order valence-electron chi connectivity index (χ3n) is 3.08. The van der Waals surface area contributed by atoms with Gasteiger partial charge in [-0.1, -0.05) is 24.3 Å². The maximum absolute atomic E-state index is 9.02. The number of hydrogen-bond acceptors (Lipinski definition) is 4. The summed E-state index contributed by atoms with van der Waals surface area (Å²) in [6.07, 6.45) is 0.0913. The maximum Gasteiger partial charge on any atom is 0.144 e. The molecule has 0 aromatic heterocycles. The minimum absolute atomic E-state index is 0.0710. The molecule has 4 heteroatoms. The molecule has 0 unspecified atom stereocenters. The summed E-state index contributed by atoms with van der Waals surface area (Å²) in [7, 11) is 0. The van der Waals surface area contributed by atoms with Crippen LogP contribution in [0.25, 0.3) is 0 Å². The van der Waals surface area contributed by atoms with E-state index in [9.17, 15) is 0 Å². The third kappa shape index (κ3) is 4.39. The molecular formula is C17H22N2O2. The molecule has 0 aliphatic carbocycles. The molecule has 0 heterocycles. The lowest BCUT2D eigenvalue weighted by Crippen LogP contribution is -2.08. The number of aliphatic hydroxyl groups is 1. The molecule has 0 atom stereocenters. The third-order valence-corrected chi connectivity index (χ3v) is 3.08. The van der Waals surface area contributed by atoms with Crippen molar-refractivity contribution in [1.29, 1.82) is 0 Å². The number of ether oxygens (including phenoxy) is 1. The van der Waals surface area contributed by atoms with Crippen LogP contribution in [0.3, 0.4) is 0 Å². The number of rotatable bonds is 6. The first-order chi connectivity index (χ1) is 10.1. The molecule has 0 saturated heterocycles. The zero-order chi connectivity index (χ0) is 15.2. The van der Waals surface area contributed by atoms with Crippen molar-refractivity contribution >= 4 is 11.4 Å². The van der Waals surface area contributed by atoms with Crippen LogP contribution < -0.4 is 15.8 Å². The van der Waals surface area contributed by atoms with Crippen molar-refractivity contribution in [3.8, 4) is 5.75 Å². The molecule has 2 aromatic carbocycles. The fourth-order valence-electron chi connectivity index (χ4n) is 1.97. The van der Waals surface area contributed by atoms with Gasteiger partial charge >= 0.3 is 0 Å². The molecule has 0 amide bonds. The molecule has 0 spiro atoms. The highest BCUT2D eigenvalue weighted by atomic mass is 16.5. The summed E-state index contributed by atoms with van der Waals surface area (Å²) >= 11 is 0. The van der Waals surface area contributed by atoms with E-state index >= 15 is 0 Å². The summed E-state index contributed by atoms with van der Waals surface area (Å²) in [5.41, 5.74) is 9.57. The number of nitrogen functional groups attached to an aromatic ring is 1. The van der Waals surface area contributed by atoms with Gasteiger partial charge in [0.25, 0.3) is 0 Å². The Balaban J connectivity index is 2.02. The summed E-state index contributed by atoms with van der Waals surface area (Å²) in [6, 6.07) is 13.5. The van der Waals surface area contributed by atoms with Crippen LogP contribution >= 0.6 is 0 Å². The lowest BCUT2D eigenvalue weighted by Gasteiger charge is -2.14. The van der Waals surface area contributed by atoms with Crippen molar-refractivity contribution in [3.63, 3.8) is 0 Å². The Bertz CT molecular complexity index is 580. The fraction of sp³-hybridized carbons (Fsp3) is 0.294. The van der Waals surface area contributed by atoms with E-state index < -0.39 is 0 Å². The van der Waals surface area contributed by atoms with Crippen LogP contribution in [0.1, 0.15) is 25.0 Å². The van der Waals surface area contributed by atoms with Gasteiger partial charge < -0.3 is 20.9 Å². The van der Waals surface area contributed by atoms with Gasteiger partial charge in [0.2, 0.25) is 0 Å². The monoisotopic (exact) mass is 286 g/mol. The second-order valence-corrected chi connectivity index (χ2v) is 5.25. The molecule has 4 N–H and O–H groups in total. The average molecular weight is 286 g/mol. The van der Waals surface area contributed by atoms with Crippen molar-refractivity contribution in [2.24, 2.45) is 0 Å². The lowest BCUT2D eigenvalue weighted by molar-refractivity contribution is 0.244. The smallest absolute Gasteiger partial charge is 0.144 e. The highest BCUT2D eigenvalue weighted by Gasteiger charge is 2.04. The number of hydrogen-bond donors (Lipinski definition) is 3. The Morgan fingerprint density at radius 2 is 1.76 bits per heavy atom. The number of nitrogens with one attached hydrogen (secondary N) is 1. The molecule has 4 nitrogen and oxygen atoms in total. The molecule has 0 radical (unpaired) electrons. The summed E-state index contributed by atoms with van der Waals surface area (Å²) in [5.74, 6) is 0.700. The van der Waals surface area contributed by atoms with Crippen molar-refractivity contribution < 1.29 is 9.84 Å². The zero-order valence-electron chi connectivity index (χ0n) is 12.5. The van der Waals surface area contributed by atoms with E-state index in [0.29, 0.717) is 18.0 Å². The Morgan fingerprint density at radius 1 is 1.10 bits per heavy atom. The minimum atomic E-state index is 0.0710. The Kier molecular flexibility index (Phi) is 5.06. The first kappa shape index (κ1) is 15.2. The molecule has 2 rings (SSSR count). The number of benzene rings is 2. The highest BCUT2D eigenvalue weighted by molar-refractivity contribution is 5.61. The van der Waals surface area contributed by atoms with E-state index in [4.69, 9.17) is 15.6 Å². The molecule has 0 fully saturated rings. The van der Waals surface area contributed by atoms with Crippen molar-refractivity contribution in [1.82, 2.24) is 0 Å². The summed E-state index contributed by atoms with van der Waals surface area (Å²) in [4.78, 5) is 0. The predicted molar refractivity (Wildman–Crippen MR) is 86.3 cm³/mol. The van der Waals surface area contributed by atoms with Gasteiger partial charge in [-0.05, 0) is 37.1 Å². The van der Waals surface area contributed by atoms with E-state index in [2.05, 4.69) is 5.32 Å². The Hall–Kier alpha value is -2.20. The zero-order valence-corrected chi connectivity index (χ0v) is 12.5. The van der Waals surface area contributed by atoms with E-state index in [0.717, 1.165) is 16.8 Å². The predicted octanol–water partition coefficient (Wildman–Crippen LogP) is 3.16. The minimum Gasteiger partial charge on any atom is -0.489 e. The van der Waals surface area contributed by atoms with E-state index in [1.54, 1.807) is 0 Å². The van der Waals surface area contributed by atoms with Gasteiger partial charge in [0.1, 0.15) is 5.75 Å². The van der Waals surface area contributed by atoms with Crippen molar-refractivity contribution in [2.75, 3.05) is 11.1 Å². The molecule has 0 aliphatic rings. The normalized spacial score (nSPS) is 10.7.